The van der Waals surface area contributed by atoms with Gasteiger partial charge >= 0.3 is 0 Å². The minimum atomic E-state index is -0.219. The lowest BCUT2D eigenvalue weighted by atomic mass is 10.3. The van der Waals surface area contributed by atoms with Crippen LogP contribution in [0.2, 0.25) is 0 Å². The molecule has 0 unspecified atom stereocenters. The third-order valence-corrected chi connectivity index (χ3v) is 2.69. The van der Waals surface area contributed by atoms with Crippen LogP contribution in [0.4, 0.5) is 0 Å². The second kappa shape index (κ2) is 10.1. The minimum absolute atomic E-state index is 0.0375. The lowest BCUT2D eigenvalue weighted by molar-refractivity contribution is -0.124. The molecular formula is C14H19ClN2O3. The zero-order valence-corrected chi connectivity index (χ0v) is 12.0. The van der Waals surface area contributed by atoms with Crippen molar-refractivity contribution in [2.24, 2.45) is 0 Å². The number of nitrogens with one attached hydrogen (secondary N) is 2. The van der Waals surface area contributed by atoms with E-state index < -0.39 is 0 Å². The Bertz CT molecular complexity index is 412. The lowest BCUT2D eigenvalue weighted by Crippen LogP contribution is -2.36. The zero-order valence-electron chi connectivity index (χ0n) is 11.2. The van der Waals surface area contributed by atoms with Crippen molar-refractivity contribution in [2.75, 3.05) is 25.6 Å². The van der Waals surface area contributed by atoms with Crippen molar-refractivity contribution in [3.8, 4) is 5.75 Å². The number of hydrogen-bond donors (Lipinski definition) is 2. The molecule has 0 aliphatic carbocycles. The molecule has 110 valence electrons. The molecule has 0 heterocycles. The third kappa shape index (κ3) is 7.63. The molecule has 0 radical (unpaired) electrons. The van der Waals surface area contributed by atoms with Gasteiger partial charge in [0, 0.05) is 25.4 Å². The summed E-state index contributed by atoms with van der Waals surface area (Å²) in [6.45, 7) is 0.742. The van der Waals surface area contributed by atoms with Crippen LogP contribution in [0.1, 0.15) is 12.8 Å². The molecule has 0 saturated carbocycles. The molecule has 0 aromatic heterocycles. The molecule has 0 bridgehead atoms. The summed E-state index contributed by atoms with van der Waals surface area (Å²) in [5.41, 5.74) is 0. The quantitative estimate of drug-likeness (QED) is 0.534. The van der Waals surface area contributed by atoms with Crippen molar-refractivity contribution in [1.82, 2.24) is 10.6 Å². The standard InChI is InChI=1S/C14H19ClN2O3/c15-8-4-7-13(18)16-9-10-17-14(19)11-20-12-5-2-1-3-6-12/h1-3,5-6H,4,7-11H2,(H,16,18)(H,17,19). The number of rotatable bonds is 9. The predicted molar refractivity (Wildman–Crippen MR) is 77.9 cm³/mol. The van der Waals surface area contributed by atoms with Gasteiger partial charge in [0.05, 0.1) is 0 Å². The highest BCUT2D eigenvalue weighted by Gasteiger charge is 2.03. The van der Waals surface area contributed by atoms with Gasteiger partial charge in [0.15, 0.2) is 6.61 Å². The van der Waals surface area contributed by atoms with Gasteiger partial charge in [0.1, 0.15) is 5.75 Å². The third-order valence-electron chi connectivity index (χ3n) is 2.42. The van der Waals surface area contributed by atoms with Crippen LogP contribution in [0.5, 0.6) is 5.75 Å². The molecule has 2 amide bonds. The summed E-state index contributed by atoms with van der Waals surface area (Å²) in [5, 5.41) is 5.35. The molecular weight excluding hydrogens is 280 g/mol. The highest BCUT2D eigenvalue weighted by atomic mass is 35.5. The monoisotopic (exact) mass is 298 g/mol. The van der Waals surface area contributed by atoms with Gasteiger partial charge in [-0.2, -0.15) is 0 Å². The van der Waals surface area contributed by atoms with Gasteiger partial charge in [-0.05, 0) is 18.6 Å². The van der Waals surface area contributed by atoms with Gasteiger partial charge in [-0.25, -0.2) is 0 Å². The number of carbonyl (C=O) groups is 2. The normalized spacial score (nSPS) is 9.85. The molecule has 0 spiro atoms. The maximum Gasteiger partial charge on any atom is 0.258 e. The Hall–Kier alpha value is -1.75. The van der Waals surface area contributed by atoms with E-state index in [-0.39, 0.29) is 18.4 Å². The second-order valence-electron chi connectivity index (χ2n) is 4.09. The van der Waals surface area contributed by atoms with E-state index in [4.69, 9.17) is 16.3 Å². The van der Waals surface area contributed by atoms with Crippen LogP contribution >= 0.6 is 11.6 Å². The van der Waals surface area contributed by atoms with Crippen LogP contribution in [0.25, 0.3) is 0 Å². The Morgan fingerprint density at radius 1 is 1.05 bits per heavy atom. The van der Waals surface area contributed by atoms with E-state index in [0.29, 0.717) is 37.6 Å². The molecule has 1 rings (SSSR count). The van der Waals surface area contributed by atoms with Crippen LogP contribution in [0.3, 0.4) is 0 Å². The number of benzene rings is 1. The molecule has 0 fully saturated rings. The Morgan fingerprint density at radius 3 is 2.35 bits per heavy atom. The van der Waals surface area contributed by atoms with E-state index in [1.165, 1.54) is 0 Å². The summed E-state index contributed by atoms with van der Waals surface area (Å²) in [5.74, 6) is 0.849. The molecule has 0 aliphatic heterocycles. The summed E-state index contributed by atoms with van der Waals surface area (Å²) in [7, 11) is 0. The largest absolute Gasteiger partial charge is 0.484 e. The molecule has 2 N–H and O–H groups in total. The molecule has 1 aromatic rings. The van der Waals surface area contributed by atoms with Gasteiger partial charge < -0.3 is 15.4 Å². The fourth-order valence-electron chi connectivity index (χ4n) is 1.44. The van der Waals surface area contributed by atoms with E-state index in [0.717, 1.165) is 0 Å². The van der Waals surface area contributed by atoms with E-state index in [1.807, 2.05) is 18.2 Å². The van der Waals surface area contributed by atoms with Crippen LogP contribution in [0, 0.1) is 0 Å². The van der Waals surface area contributed by atoms with Crippen molar-refractivity contribution < 1.29 is 14.3 Å². The van der Waals surface area contributed by atoms with Gasteiger partial charge in [0.2, 0.25) is 5.91 Å². The number of carbonyl (C=O) groups excluding carboxylic acids is 2. The molecule has 1 aromatic carbocycles. The summed E-state index contributed by atoms with van der Waals surface area (Å²) in [6.07, 6.45) is 1.07. The highest BCUT2D eigenvalue weighted by molar-refractivity contribution is 6.17. The number of alkyl halides is 1. The number of para-hydroxylation sites is 1. The van der Waals surface area contributed by atoms with Crippen molar-refractivity contribution >= 4 is 23.4 Å². The van der Waals surface area contributed by atoms with Crippen LogP contribution in [-0.2, 0) is 9.59 Å². The lowest BCUT2D eigenvalue weighted by Gasteiger charge is -2.08. The fraction of sp³-hybridized carbons (Fsp3) is 0.429. The van der Waals surface area contributed by atoms with Gasteiger partial charge in [0.25, 0.3) is 5.91 Å². The molecule has 0 aliphatic rings. The number of hydrogen-bond acceptors (Lipinski definition) is 3. The highest BCUT2D eigenvalue weighted by Crippen LogP contribution is 2.07. The Kier molecular flexibility index (Phi) is 8.22. The summed E-state index contributed by atoms with van der Waals surface area (Å²) in [6, 6.07) is 9.11. The zero-order chi connectivity index (χ0) is 14.6. The van der Waals surface area contributed by atoms with Crippen LogP contribution in [0.15, 0.2) is 30.3 Å². The SMILES string of the molecule is O=C(CCCCl)NCCNC(=O)COc1ccccc1. The average molecular weight is 299 g/mol. The summed E-state index contributed by atoms with van der Waals surface area (Å²) in [4.78, 5) is 22.7. The first-order chi connectivity index (χ1) is 9.72. The number of amides is 2. The molecule has 0 saturated heterocycles. The first-order valence-electron chi connectivity index (χ1n) is 6.49. The fourth-order valence-corrected chi connectivity index (χ4v) is 1.57. The van der Waals surface area contributed by atoms with Gasteiger partial charge in [-0.3, -0.25) is 9.59 Å². The summed E-state index contributed by atoms with van der Waals surface area (Å²) >= 11 is 5.48. The molecule has 6 heteroatoms. The second-order valence-corrected chi connectivity index (χ2v) is 4.47. The van der Waals surface area contributed by atoms with E-state index in [1.54, 1.807) is 12.1 Å². The molecule has 0 atom stereocenters. The maximum absolute atomic E-state index is 11.5. The van der Waals surface area contributed by atoms with E-state index in [2.05, 4.69) is 10.6 Å². The Balaban J connectivity index is 2.04. The summed E-state index contributed by atoms with van der Waals surface area (Å²) < 4.78 is 5.28. The number of halogens is 1. The first kappa shape index (κ1) is 16.3. The van der Waals surface area contributed by atoms with Crippen molar-refractivity contribution in [3.63, 3.8) is 0 Å². The average Bonchev–Trinajstić information content (AvgIpc) is 2.48. The van der Waals surface area contributed by atoms with Crippen molar-refractivity contribution in [1.29, 1.82) is 0 Å². The van der Waals surface area contributed by atoms with Gasteiger partial charge in [-0.15, -0.1) is 11.6 Å². The molecule has 20 heavy (non-hydrogen) atoms. The van der Waals surface area contributed by atoms with E-state index in [9.17, 15) is 9.59 Å². The molecule has 5 nitrogen and oxygen atoms in total. The number of ether oxygens (including phenoxy) is 1. The van der Waals surface area contributed by atoms with Crippen LogP contribution < -0.4 is 15.4 Å². The topological polar surface area (TPSA) is 67.4 Å². The smallest absolute Gasteiger partial charge is 0.258 e. The van der Waals surface area contributed by atoms with Gasteiger partial charge in [-0.1, -0.05) is 18.2 Å². The Morgan fingerprint density at radius 2 is 1.70 bits per heavy atom. The maximum atomic E-state index is 11.5. The van der Waals surface area contributed by atoms with Crippen LogP contribution in [-0.4, -0.2) is 37.4 Å². The van der Waals surface area contributed by atoms with Crippen molar-refractivity contribution in [2.45, 2.75) is 12.8 Å². The van der Waals surface area contributed by atoms with Crippen molar-refractivity contribution in [3.05, 3.63) is 30.3 Å². The minimum Gasteiger partial charge on any atom is -0.484 e. The predicted octanol–water partition coefficient (Wildman–Crippen LogP) is 1.32. The first-order valence-corrected chi connectivity index (χ1v) is 7.03. The van der Waals surface area contributed by atoms with E-state index >= 15 is 0 Å². The Labute approximate surface area is 123 Å².